The summed E-state index contributed by atoms with van der Waals surface area (Å²) in [5.41, 5.74) is 1.05. The molecule has 9 heteroatoms. The van der Waals surface area contributed by atoms with Crippen LogP contribution in [0.5, 0.6) is 11.5 Å². The molecular weight excluding hydrogens is 535 g/mol. The maximum absolute atomic E-state index is 5.77. The van der Waals surface area contributed by atoms with Crippen molar-refractivity contribution >= 4 is 29.9 Å². The standard InChI is InChI=1S/C24H40N4O4.HI/c1-23(2)21(15-24(23,3)31-7)27-22(25-4)26-16-18(28-10-12-32-13-11-28)17-8-9-19(29-5)20(14-17)30-6;/h8-9,14,18,21H,10-13,15-16H2,1-7H3,(H2,25,26,27);1H. The van der Waals surface area contributed by atoms with Crippen molar-refractivity contribution in [1.82, 2.24) is 15.5 Å². The predicted octanol–water partition coefficient (Wildman–Crippen LogP) is 3.06. The summed E-state index contributed by atoms with van der Waals surface area (Å²) in [5.74, 6) is 2.27. The number of rotatable bonds is 8. The van der Waals surface area contributed by atoms with Crippen LogP contribution in [0.15, 0.2) is 23.2 Å². The van der Waals surface area contributed by atoms with Gasteiger partial charge in [0.1, 0.15) is 0 Å². The highest BCUT2D eigenvalue weighted by atomic mass is 127. The number of aliphatic imine (C=N–C) groups is 1. The average molecular weight is 577 g/mol. The van der Waals surface area contributed by atoms with Gasteiger partial charge in [-0.3, -0.25) is 9.89 Å². The van der Waals surface area contributed by atoms with Crippen molar-refractivity contribution in [3.63, 3.8) is 0 Å². The first-order valence-electron chi connectivity index (χ1n) is 11.4. The third-order valence-corrected chi connectivity index (χ3v) is 7.55. The van der Waals surface area contributed by atoms with E-state index in [2.05, 4.69) is 53.4 Å². The van der Waals surface area contributed by atoms with Crippen LogP contribution in [-0.4, -0.2) is 83.7 Å². The molecule has 2 N–H and O–H groups in total. The molecule has 0 spiro atoms. The molecule has 1 aromatic rings. The van der Waals surface area contributed by atoms with Crippen LogP contribution in [0.4, 0.5) is 0 Å². The third-order valence-electron chi connectivity index (χ3n) is 7.55. The fraction of sp³-hybridized carbons (Fsp3) is 0.708. The molecule has 1 aromatic carbocycles. The van der Waals surface area contributed by atoms with Crippen LogP contribution >= 0.6 is 24.0 Å². The van der Waals surface area contributed by atoms with E-state index in [0.717, 1.165) is 50.2 Å². The predicted molar refractivity (Wildman–Crippen MR) is 142 cm³/mol. The van der Waals surface area contributed by atoms with Gasteiger partial charge < -0.3 is 29.6 Å². The van der Waals surface area contributed by atoms with Gasteiger partial charge in [-0.1, -0.05) is 19.9 Å². The van der Waals surface area contributed by atoms with E-state index in [4.69, 9.17) is 18.9 Å². The summed E-state index contributed by atoms with van der Waals surface area (Å²) < 4.78 is 22.3. The molecule has 1 saturated heterocycles. The topological polar surface area (TPSA) is 76.6 Å². The van der Waals surface area contributed by atoms with Crippen LogP contribution in [-0.2, 0) is 9.47 Å². The average Bonchev–Trinajstić information content (AvgIpc) is 2.82. The second-order valence-corrected chi connectivity index (χ2v) is 9.29. The molecular formula is C24H41IN4O4. The Hall–Kier alpha value is -1.30. The second-order valence-electron chi connectivity index (χ2n) is 9.29. The molecule has 0 radical (unpaired) electrons. The fourth-order valence-electron chi connectivity index (χ4n) is 4.68. The Morgan fingerprint density at radius 2 is 1.82 bits per heavy atom. The molecule has 188 valence electrons. The van der Waals surface area contributed by atoms with Crippen LogP contribution in [0.1, 0.15) is 38.8 Å². The molecule has 2 fully saturated rings. The van der Waals surface area contributed by atoms with Gasteiger partial charge in [0.25, 0.3) is 0 Å². The van der Waals surface area contributed by atoms with Crippen molar-refractivity contribution in [3.8, 4) is 11.5 Å². The van der Waals surface area contributed by atoms with E-state index in [1.165, 1.54) is 5.56 Å². The lowest BCUT2D eigenvalue weighted by Crippen LogP contribution is -2.69. The summed E-state index contributed by atoms with van der Waals surface area (Å²) in [6, 6.07) is 6.59. The van der Waals surface area contributed by atoms with Gasteiger partial charge in [0.2, 0.25) is 0 Å². The van der Waals surface area contributed by atoms with E-state index in [1.54, 1.807) is 21.3 Å². The van der Waals surface area contributed by atoms with Crippen molar-refractivity contribution in [3.05, 3.63) is 23.8 Å². The maximum Gasteiger partial charge on any atom is 0.191 e. The first-order valence-corrected chi connectivity index (χ1v) is 11.4. The van der Waals surface area contributed by atoms with Crippen LogP contribution in [0.2, 0.25) is 0 Å². The molecule has 1 saturated carbocycles. The lowest BCUT2D eigenvalue weighted by atomic mass is 9.56. The molecule has 3 atom stereocenters. The Morgan fingerprint density at radius 3 is 2.36 bits per heavy atom. The summed E-state index contributed by atoms with van der Waals surface area (Å²) in [5, 5.41) is 7.16. The Balaban J connectivity index is 0.00000385. The lowest BCUT2D eigenvalue weighted by molar-refractivity contribution is -0.176. The number of nitrogens with zero attached hydrogens (tertiary/aromatic N) is 2. The minimum atomic E-state index is -0.125. The van der Waals surface area contributed by atoms with Gasteiger partial charge >= 0.3 is 0 Å². The zero-order valence-corrected chi connectivity index (χ0v) is 23.4. The molecule has 33 heavy (non-hydrogen) atoms. The van der Waals surface area contributed by atoms with E-state index in [-0.39, 0.29) is 41.0 Å². The van der Waals surface area contributed by atoms with E-state index in [9.17, 15) is 0 Å². The van der Waals surface area contributed by atoms with E-state index in [0.29, 0.717) is 12.6 Å². The zero-order valence-electron chi connectivity index (χ0n) is 21.1. The zero-order chi connectivity index (χ0) is 23.4. The number of methoxy groups -OCH3 is 3. The molecule has 1 aliphatic carbocycles. The first-order chi connectivity index (χ1) is 15.3. The number of nitrogens with one attached hydrogen (secondary N) is 2. The van der Waals surface area contributed by atoms with Crippen molar-refractivity contribution in [1.29, 1.82) is 0 Å². The van der Waals surface area contributed by atoms with E-state index in [1.807, 2.05) is 13.1 Å². The van der Waals surface area contributed by atoms with Gasteiger partial charge in [-0.2, -0.15) is 0 Å². The SMILES string of the molecule is CN=C(NCC(c1ccc(OC)c(OC)c1)N1CCOCC1)NC1CC(C)(OC)C1(C)C.I. The largest absolute Gasteiger partial charge is 0.493 e. The van der Waals surface area contributed by atoms with Gasteiger partial charge in [-0.05, 0) is 31.0 Å². The van der Waals surface area contributed by atoms with Crippen molar-refractivity contribution in [2.45, 2.75) is 44.9 Å². The molecule has 0 bridgehead atoms. The smallest absolute Gasteiger partial charge is 0.191 e. The fourth-order valence-corrected chi connectivity index (χ4v) is 4.68. The molecule has 1 heterocycles. The summed E-state index contributed by atoms with van der Waals surface area (Å²) in [6.45, 7) is 10.6. The summed E-state index contributed by atoms with van der Waals surface area (Å²) >= 11 is 0. The minimum absolute atomic E-state index is 0. The number of hydrogen-bond acceptors (Lipinski definition) is 6. The third kappa shape index (κ3) is 5.86. The Morgan fingerprint density at radius 1 is 1.15 bits per heavy atom. The Labute approximate surface area is 215 Å². The second kappa shape index (κ2) is 11.9. The van der Waals surface area contributed by atoms with Crippen molar-refractivity contribution < 1.29 is 18.9 Å². The monoisotopic (exact) mass is 576 g/mol. The molecule has 2 aliphatic rings. The Bertz CT molecular complexity index is 801. The number of hydrogen-bond donors (Lipinski definition) is 2. The first kappa shape index (κ1) is 27.9. The quantitative estimate of drug-likeness (QED) is 0.280. The highest BCUT2D eigenvalue weighted by Gasteiger charge is 2.58. The highest BCUT2D eigenvalue weighted by Crippen LogP contribution is 2.51. The van der Waals surface area contributed by atoms with Gasteiger partial charge in [-0.15, -0.1) is 24.0 Å². The summed E-state index contributed by atoms with van der Waals surface area (Å²) in [6.07, 6.45) is 0.944. The lowest BCUT2D eigenvalue weighted by Gasteiger charge is -2.59. The van der Waals surface area contributed by atoms with Gasteiger partial charge in [0.05, 0.1) is 39.1 Å². The molecule has 3 unspecified atom stereocenters. The number of halogens is 1. The Kier molecular flexibility index (Phi) is 10.1. The van der Waals surface area contributed by atoms with Crippen molar-refractivity contribution in [2.24, 2.45) is 10.4 Å². The molecule has 1 aliphatic heterocycles. The summed E-state index contributed by atoms with van der Waals surface area (Å²) in [4.78, 5) is 6.93. The number of morpholine rings is 1. The van der Waals surface area contributed by atoms with Crippen LogP contribution < -0.4 is 20.1 Å². The van der Waals surface area contributed by atoms with Gasteiger partial charge in [0, 0.05) is 45.2 Å². The van der Waals surface area contributed by atoms with Crippen LogP contribution in [0.3, 0.4) is 0 Å². The van der Waals surface area contributed by atoms with Gasteiger partial charge in [0.15, 0.2) is 17.5 Å². The van der Waals surface area contributed by atoms with Crippen LogP contribution in [0.25, 0.3) is 0 Å². The molecule has 0 amide bonds. The van der Waals surface area contributed by atoms with E-state index < -0.39 is 0 Å². The molecule has 3 rings (SSSR count). The van der Waals surface area contributed by atoms with Crippen LogP contribution in [0, 0.1) is 5.41 Å². The normalized spacial score (nSPS) is 25.9. The van der Waals surface area contributed by atoms with Gasteiger partial charge in [-0.25, -0.2) is 0 Å². The minimum Gasteiger partial charge on any atom is -0.493 e. The van der Waals surface area contributed by atoms with Crippen molar-refractivity contribution in [2.75, 3.05) is 61.2 Å². The number of guanidine groups is 1. The number of ether oxygens (including phenoxy) is 4. The molecule has 8 nitrogen and oxygen atoms in total. The highest BCUT2D eigenvalue weighted by molar-refractivity contribution is 14.0. The maximum atomic E-state index is 5.77. The number of benzene rings is 1. The van der Waals surface area contributed by atoms with E-state index >= 15 is 0 Å². The molecule has 0 aromatic heterocycles. The summed E-state index contributed by atoms with van der Waals surface area (Å²) in [7, 11) is 6.94.